The van der Waals surface area contributed by atoms with Gasteiger partial charge < -0.3 is 14.4 Å². The molecule has 1 saturated heterocycles. The molecule has 1 atom stereocenters. The highest BCUT2D eigenvalue weighted by atomic mass is 19.1. The van der Waals surface area contributed by atoms with E-state index in [9.17, 15) is 14.3 Å². The van der Waals surface area contributed by atoms with Crippen LogP contribution in [0.2, 0.25) is 0 Å². The zero-order valence-corrected chi connectivity index (χ0v) is 20.6. The highest BCUT2D eigenvalue weighted by Crippen LogP contribution is 2.43. The maximum absolute atomic E-state index is 14.0. The summed E-state index contributed by atoms with van der Waals surface area (Å²) in [5.41, 5.74) is 6.09. The first-order valence-electron chi connectivity index (χ1n) is 12.3. The Balaban J connectivity index is 1.75. The number of hydrogen-bond donors (Lipinski definition) is 1. The molecule has 5 aromatic rings. The summed E-state index contributed by atoms with van der Waals surface area (Å²) in [5, 5.41) is 19.2. The minimum atomic E-state index is -0.997. The van der Waals surface area contributed by atoms with Crippen LogP contribution in [0.25, 0.3) is 33.2 Å². The van der Waals surface area contributed by atoms with E-state index in [1.165, 1.54) is 12.1 Å². The van der Waals surface area contributed by atoms with Crippen LogP contribution in [0.3, 0.4) is 0 Å². The Labute approximate surface area is 212 Å². The Bertz CT molecular complexity index is 1610. The van der Waals surface area contributed by atoms with Gasteiger partial charge in [0.15, 0.2) is 0 Å². The van der Waals surface area contributed by atoms with Crippen LogP contribution in [0, 0.1) is 18.7 Å². The molecule has 2 aromatic carbocycles. The lowest BCUT2D eigenvalue weighted by Crippen LogP contribution is -2.27. The van der Waals surface area contributed by atoms with Crippen LogP contribution in [0.15, 0.2) is 54.7 Å². The van der Waals surface area contributed by atoms with Crippen LogP contribution in [0.4, 0.5) is 4.39 Å². The van der Waals surface area contributed by atoms with E-state index < -0.39 is 5.97 Å². The zero-order valence-electron chi connectivity index (χ0n) is 20.6. The van der Waals surface area contributed by atoms with Crippen LogP contribution < -0.4 is 0 Å². The predicted molar refractivity (Wildman–Crippen MR) is 137 cm³/mol. The molecule has 9 heteroatoms. The third kappa shape index (κ3) is 3.86. The van der Waals surface area contributed by atoms with Crippen molar-refractivity contribution in [3.63, 3.8) is 0 Å². The fraction of sp³-hybridized carbons (Fsp3) is 0.286. The third-order valence-electron chi connectivity index (χ3n) is 7.38. The Kier molecular flexibility index (Phi) is 5.72. The minimum absolute atomic E-state index is 0.185. The summed E-state index contributed by atoms with van der Waals surface area (Å²) in [6.07, 6.45) is 3.41. The van der Waals surface area contributed by atoms with Gasteiger partial charge in [0.2, 0.25) is 0 Å². The number of carboxylic acid groups (broad SMARTS) is 1. The molecule has 1 aliphatic heterocycles. The topological polar surface area (TPSA) is 95.1 Å². The molecule has 1 aliphatic rings. The van der Waals surface area contributed by atoms with Gasteiger partial charge in [-0.2, -0.15) is 0 Å². The molecule has 0 amide bonds. The Morgan fingerprint density at radius 3 is 2.57 bits per heavy atom. The number of carbonyl (C=O) groups is 1. The molecule has 0 saturated carbocycles. The number of carboxylic acids is 1. The molecule has 188 valence electrons. The molecule has 0 aliphatic carbocycles. The maximum atomic E-state index is 14.0. The van der Waals surface area contributed by atoms with E-state index in [2.05, 4.69) is 14.9 Å². The average molecular weight is 500 g/mol. The van der Waals surface area contributed by atoms with Gasteiger partial charge in [0.05, 0.1) is 39.5 Å². The van der Waals surface area contributed by atoms with Crippen LogP contribution in [-0.4, -0.2) is 48.8 Å². The van der Waals surface area contributed by atoms with Crippen molar-refractivity contribution in [2.75, 3.05) is 13.2 Å². The third-order valence-corrected chi connectivity index (χ3v) is 7.38. The SMILES string of the molecule is Cc1nnn(C)c1-c1ccnc2c3ccc(C(=O)O)cc3n(C(c3ccc(F)cc3)C3CCOCC3)c12. The van der Waals surface area contributed by atoms with Crippen molar-refractivity contribution in [1.29, 1.82) is 0 Å². The van der Waals surface area contributed by atoms with Crippen molar-refractivity contribution in [3.05, 3.63) is 77.4 Å². The molecule has 6 rings (SSSR count). The van der Waals surface area contributed by atoms with E-state index in [0.29, 0.717) is 13.2 Å². The standard InChI is InChI=1S/C28H26FN5O3/c1-16-25(33(2)32-31-16)22-9-12-30-24-21-8-5-19(28(35)36)15-23(21)34(27(22)24)26(18-10-13-37-14-11-18)17-3-6-20(29)7-4-17/h3-9,12,15,18,26H,10-11,13-14H2,1-2H3,(H,35,36). The summed E-state index contributed by atoms with van der Waals surface area (Å²) in [5.74, 6) is -1.11. The predicted octanol–water partition coefficient (Wildman–Crippen LogP) is 5.15. The number of aromatic nitrogens is 5. The van der Waals surface area contributed by atoms with Gasteiger partial charge in [0.25, 0.3) is 0 Å². The molecule has 0 radical (unpaired) electrons. The number of hydrogen-bond acceptors (Lipinski definition) is 5. The second-order valence-electron chi connectivity index (χ2n) is 9.56. The summed E-state index contributed by atoms with van der Waals surface area (Å²) in [6, 6.07) is 13.5. The maximum Gasteiger partial charge on any atom is 0.335 e. The fourth-order valence-corrected chi connectivity index (χ4v) is 5.71. The van der Waals surface area contributed by atoms with Crippen LogP contribution in [-0.2, 0) is 11.8 Å². The van der Waals surface area contributed by atoms with Gasteiger partial charge in [-0.25, -0.2) is 13.9 Å². The van der Waals surface area contributed by atoms with Crippen molar-refractivity contribution in [2.45, 2.75) is 25.8 Å². The Hall–Kier alpha value is -4.11. The summed E-state index contributed by atoms with van der Waals surface area (Å²) in [4.78, 5) is 16.8. The van der Waals surface area contributed by atoms with Crippen LogP contribution >= 0.6 is 0 Å². The van der Waals surface area contributed by atoms with E-state index in [-0.39, 0.29) is 23.3 Å². The van der Waals surface area contributed by atoms with Crippen molar-refractivity contribution >= 4 is 27.9 Å². The molecule has 0 spiro atoms. The normalized spacial score (nSPS) is 15.4. The number of benzene rings is 2. The first-order chi connectivity index (χ1) is 17.9. The van der Waals surface area contributed by atoms with E-state index in [0.717, 1.165) is 57.3 Å². The number of ether oxygens (including phenoxy) is 1. The van der Waals surface area contributed by atoms with Gasteiger partial charge in [-0.3, -0.25) is 4.98 Å². The lowest BCUT2D eigenvalue weighted by Gasteiger charge is -2.33. The van der Waals surface area contributed by atoms with Gasteiger partial charge >= 0.3 is 5.97 Å². The molecule has 4 heterocycles. The molecule has 3 aromatic heterocycles. The van der Waals surface area contributed by atoms with Gasteiger partial charge in [-0.1, -0.05) is 17.3 Å². The van der Waals surface area contributed by atoms with Gasteiger partial charge in [-0.15, -0.1) is 5.10 Å². The van der Waals surface area contributed by atoms with Crippen molar-refractivity contribution in [3.8, 4) is 11.3 Å². The number of pyridine rings is 1. The number of aryl methyl sites for hydroxylation is 2. The highest BCUT2D eigenvalue weighted by molar-refractivity contribution is 6.11. The van der Waals surface area contributed by atoms with E-state index in [1.807, 2.05) is 38.2 Å². The van der Waals surface area contributed by atoms with Crippen molar-refractivity contribution in [2.24, 2.45) is 13.0 Å². The van der Waals surface area contributed by atoms with E-state index in [4.69, 9.17) is 9.72 Å². The smallest absolute Gasteiger partial charge is 0.335 e. The lowest BCUT2D eigenvalue weighted by molar-refractivity contribution is 0.0553. The molecular weight excluding hydrogens is 473 g/mol. The lowest BCUT2D eigenvalue weighted by atomic mass is 9.86. The molecular formula is C28H26FN5O3. The van der Waals surface area contributed by atoms with Gasteiger partial charge in [0.1, 0.15) is 5.82 Å². The van der Waals surface area contributed by atoms with Gasteiger partial charge in [0, 0.05) is 37.4 Å². The van der Waals surface area contributed by atoms with Gasteiger partial charge in [-0.05, 0) is 67.6 Å². The monoisotopic (exact) mass is 499 g/mol. The highest BCUT2D eigenvalue weighted by Gasteiger charge is 2.32. The largest absolute Gasteiger partial charge is 0.478 e. The summed E-state index contributed by atoms with van der Waals surface area (Å²) in [7, 11) is 1.85. The molecule has 1 unspecified atom stereocenters. The Morgan fingerprint density at radius 1 is 1.14 bits per heavy atom. The molecule has 0 bridgehead atoms. The van der Waals surface area contributed by atoms with Crippen molar-refractivity contribution < 1.29 is 19.0 Å². The van der Waals surface area contributed by atoms with Crippen LogP contribution in [0.5, 0.6) is 0 Å². The fourth-order valence-electron chi connectivity index (χ4n) is 5.71. The number of aromatic carboxylic acids is 1. The molecule has 1 N–H and O–H groups in total. The number of nitrogens with zero attached hydrogens (tertiary/aromatic N) is 5. The molecule has 8 nitrogen and oxygen atoms in total. The van der Waals surface area contributed by atoms with E-state index in [1.54, 1.807) is 23.0 Å². The summed E-state index contributed by atoms with van der Waals surface area (Å²) in [6.45, 7) is 3.19. The van der Waals surface area contributed by atoms with Crippen molar-refractivity contribution in [1.82, 2.24) is 24.5 Å². The Morgan fingerprint density at radius 2 is 1.89 bits per heavy atom. The number of fused-ring (bicyclic) bond motifs is 3. The molecule has 37 heavy (non-hydrogen) atoms. The molecule has 1 fully saturated rings. The number of halogens is 1. The first-order valence-corrected chi connectivity index (χ1v) is 12.3. The quantitative estimate of drug-likeness (QED) is 0.360. The van der Waals surface area contributed by atoms with E-state index >= 15 is 0 Å². The second-order valence-corrected chi connectivity index (χ2v) is 9.56. The minimum Gasteiger partial charge on any atom is -0.478 e. The summed E-state index contributed by atoms with van der Waals surface area (Å²) < 4.78 is 23.6. The van der Waals surface area contributed by atoms with Crippen LogP contribution in [0.1, 0.15) is 40.5 Å². The summed E-state index contributed by atoms with van der Waals surface area (Å²) >= 11 is 0. The second kappa shape index (κ2) is 9.08. The average Bonchev–Trinajstić information content (AvgIpc) is 3.42. The first kappa shape index (κ1) is 23.3. The zero-order chi connectivity index (χ0) is 25.7. The number of rotatable bonds is 5.